The highest BCUT2D eigenvalue weighted by Crippen LogP contribution is 2.30. The van der Waals surface area contributed by atoms with Crippen LogP contribution in [-0.4, -0.2) is 5.11 Å². The second-order valence-electron chi connectivity index (χ2n) is 4.09. The van der Waals surface area contributed by atoms with E-state index in [1.165, 1.54) is 30.3 Å². The van der Waals surface area contributed by atoms with Crippen LogP contribution in [0.5, 0.6) is 0 Å². The minimum atomic E-state index is -1.13. The summed E-state index contributed by atoms with van der Waals surface area (Å²) in [7, 11) is 0. The molecule has 5 heteroatoms. The Kier molecular flexibility index (Phi) is 4.55. The van der Waals surface area contributed by atoms with Crippen LogP contribution in [0.3, 0.4) is 0 Å². The molecule has 0 aliphatic carbocycles. The van der Waals surface area contributed by atoms with E-state index in [1.54, 1.807) is 6.07 Å². The zero-order valence-corrected chi connectivity index (χ0v) is 12.0. The number of aliphatic hydroxyl groups excluding tert-OH is 1. The largest absolute Gasteiger partial charge is 0.388 e. The molecule has 0 fully saturated rings. The van der Waals surface area contributed by atoms with Crippen molar-refractivity contribution in [2.45, 2.75) is 12.5 Å². The van der Waals surface area contributed by atoms with E-state index in [0.717, 1.165) is 0 Å². The van der Waals surface area contributed by atoms with Crippen molar-refractivity contribution in [3.8, 4) is 0 Å². The molecule has 2 rings (SSSR count). The minimum Gasteiger partial charge on any atom is -0.388 e. The average molecular weight is 348 g/mol. The fourth-order valence-corrected chi connectivity index (χ4v) is 2.54. The molecule has 0 spiro atoms. The summed E-state index contributed by atoms with van der Waals surface area (Å²) >= 11 is 9.14. The second kappa shape index (κ2) is 5.99. The standard InChI is InChI=1S/C14H10BrClF2O/c15-10-5-4-9(17)6-8(10)7-13(19)14-11(16)2-1-3-12(14)18/h1-6,13,19H,7H2. The summed E-state index contributed by atoms with van der Waals surface area (Å²) < 4.78 is 27.5. The summed E-state index contributed by atoms with van der Waals surface area (Å²) in [4.78, 5) is 0. The minimum absolute atomic E-state index is 0.0281. The van der Waals surface area contributed by atoms with Gasteiger partial charge in [-0.3, -0.25) is 0 Å². The molecule has 0 aliphatic rings. The SMILES string of the molecule is OC(Cc1cc(F)ccc1Br)c1c(F)cccc1Cl. The lowest BCUT2D eigenvalue weighted by Gasteiger charge is -2.14. The van der Waals surface area contributed by atoms with Crippen LogP contribution in [0.4, 0.5) is 8.78 Å². The number of hydrogen-bond acceptors (Lipinski definition) is 1. The fraction of sp³-hybridized carbons (Fsp3) is 0.143. The lowest BCUT2D eigenvalue weighted by Crippen LogP contribution is -2.06. The third-order valence-corrected chi connectivity index (χ3v) is 3.86. The number of halogens is 4. The van der Waals surface area contributed by atoms with Gasteiger partial charge in [-0.25, -0.2) is 8.78 Å². The molecule has 0 heterocycles. The first kappa shape index (κ1) is 14.4. The van der Waals surface area contributed by atoms with Gasteiger partial charge in [-0.1, -0.05) is 33.6 Å². The topological polar surface area (TPSA) is 20.2 Å². The molecular weight excluding hydrogens is 338 g/mol. The Hall–Kier alpha value is -0.970. The van der Waals surface area contributed by atoms with Gasteiger partial charge >= 0.3 is 0 Å². The maximum Gasteiger partial charge on any atom is 0.130 e. The van der Waals surface area contributed by atoms with Gasteiger partial charge < -0.3 is 5.11 Å². The van der Waals surface area contributed by atoms with Crippen LogP contribution >= 0.6 is 27.5 Å². The van der Waals surface area contributed by atoms with Crippen molar-refractivity contribution >= 4 is 27.5 Å². The molecule has 1 N–H and O–H groups in total. The molecule has 0 bridgehead atoms. The van der Waals surface area contributed by atoms with Crippen LogP contribution in [0.25, 0.3) is 0 Å². The molecule has 0 radical (unpaired) electrons. The van der Waals surface area contributed by atoms with Gasteiger partial charge in [-0.05, 0) is 35.9 Å². The first-order valence-electron chi connectivity index (χ1n) is 5.55. The van der Waals surface area contributed by atoms with E-state index in [-0.39, 0.29) is 17.0 Å². The molecular formula is C14H10BrClF2O. The summed E-state index contributed by atoms with van der Waals surface area (Å²) in [6, 6.07) is 8.33. The van der Waals surface area contributed by atoms with Crippen molar-refractivity contribution in [1.82, 2.24) is 0 Å². The van der Waals surface area contributed by atoms with Gasteiger partial charge in [-0.15, -0.1) is 0 Å². The van der Waals surface area contributed by atoms with Crippen LogP contribution in [0.2, 0.25) is 5.02 Å². The molecule has 0 aromatic heterocycles. The van der Waals surface area contributed by atoms with Crippen molar-refractivity contribution in [3.05, 3.63) is 68.7 Å². The lowest BCUT2D eigenvalue weighted by molar-refractivity contribution is 0.173. The normalized spacial score (nSPS) is 12.5. The van der Waals surface area contributed by atoms with Crippen molar-refractivity contribution in [1.29, 1.82) is 0 Å². The molecule has 1 atom stereocenters. The molecule has 0 amide bonds. The zero-order chi connectivity index (χ0) is 14.0. The van der Waals surface area contributed by atoms with Crippen LogP contribution in [-0.2, 0) is 6.42 Å². The van der Waals surface area contributed by atoms with Crippen LogP contribution in [0, 0.1) is 11.6 Å². The fourth-order valence-electron chi connectivity index (χ4n) is 1.84. The Balaban J connectivity index is 2.31. The number of hydrogen-bond donors (Lipinski definition) is 1. The molecule has 1 nitrogen and oxygen atoms in total. The van der Waals surface area contributed by atoms with E-state index in [9.17, 15) is 13.9 Å². The first-order valence-corrected chi connectivity index (χ1v) is 6.72. The van der Waals surface area contributed by atoms with Gasteiger partial charge in [0.2, 0.25) is 0 Å². The van der Waals surface area contributed by atoms with E-state index in [2.05, 4.69) is 15.9 Å². The van der Waals surface area contributed by atoms with E-state index in [1.807, 2.05) is 0 Å². The lowest BCUT2D eigenvalue weighted by atomic mass is 10.0. The van der Waals surface area contributed by atoms with Crippen LogP contribution < -0.4 is 0 Å². The van der Waals surface area contributed by atoms with E-state index in [4.69, 9.17) is 11.6 Å². The molecule has 0 aliphatic heterocycles. The summed E-state index contributed by atoms with van der Waals surface area (Å²) in [5, 5.41) is 10.2. The van der Waals surface area contributed by atoms with Crippen LogP contribution in [0.1, 0.15) is 17.2 Å². The molecule has 1 unspecified atom stereocenters. The molecule has 0 saturated heterocycles. The van der Waals surface area contributed by atoms with Gasteiger partial charge in [0.1, 0.15) is 11.6 Å². The summed E-state index contributed by atoms with van der Waals surface area (Å²) in [6.07, 6.45) is -1.06. The Morgan fingerprint density at radius 1 is 1.21 bits per heavy atom. The molecule has 0 saturated carbocycles. The second-order valence-corrected chi connectivity index (χ2v) is 5.35. The highest BCUT2D eigenvalue weighted by Gasteiger charge is 2.18. The van der Waals surface area contributed by atoms with Gasteiger partial charge in [0.25, 0.3) is 0 Å². The van der Waals surface area contributed by atoms with E-state index < -0.39 is 17.7 Å². The summed E-state index contributed by atoms with van der Waals surface area (Å²) in [6.45, 7) is 0. The Morgan fingerprint density at radius 2 is 1.95 bits per heavy atom. The third-order valence-electron chi connectivity index (χ3n) is 2.75. The molecule has 2 aromatic carbocycles. The van der Waals surface area contributed by atoms with Crippen molar-refractivity contribution < 1.29 is 13.9 Å². The Labute approximate surface area is 123 Å². The van der Waals surface area contributed by atoms with E-state index in [0.29, 0.717) is 10.0 Å². The predicted molar refractivity (Wildman–Crippen MR) is 74.2 cm³/mol. The average Bonchev–Trinajstić information content (AvgIpc) is 2.33. The quantitative estimate of drug-likeness (QED) is 0.856. The Morgan fingerprint density at radius 3 is 2.63 bits per heavy atom. The number of benzene rings is 2. The van der Waals surface area contributed by atoms with Crippen molar-refractivity contribution in [2.24, 2.45) is 0 Å². The highest BCUT2D eigenvalue weighted by molar-refractivity contribution is 9.10. The van der Waals surface area contributed by atoms with Crippen LogP contribution in [0.15, 0.2) is 40.9 Å². The summed E-state index contributed by atoms with van der Waals surface area (Å²) in [5.74, 6) is -0.988. The number of rotatable bonds is 3. The van der Waals surface area contributed by atoms with Gasteiger partial charge in [0, 0.05) is 21.5 Å². The monoisotopic (exact) mass is 346 g/mol. The smallest absolute Gasteiger partial charge is 0.130 e. The maximum absolute atomic E-state index is 13.7. The van der Waals surface area contributed by atoms with Gasteiger partial charge in [0.05, 0.1) is 6.10 Å². The van der Waals surface area contributed by atoms with Crippen molar-refractivity contribution in [2.75, 3.05) is 0 Å². The van der Waals surface area contributed by atoms with Gasteiger partial charge in [0.15, 0.2) is 0 Å². The molecule has 19 heavy (non-hydrogen) atoms. The molecule has 100 valence electrons. The predicted octanol–water partition coefficient (Wildman–Crippen LogP) is 4.66. The zero-order valence-electron chi connectivity index (χ0n) is 9.71. The first-order chi connectivity index (χ1) is 8.99. The number of aliphatic hydroxyl groups is 1. The third kappa shape index (κ3) is 3.32. The Bertz CT molecular complexity index is 584. The summed E-state index contributed by atoms with van der Waals surface area (Å²) in [5.41, 5.74) is 0.576. The maximum atomic E-state index is 13.7. The highest BCUT2D eigenvalue weighted by atomic mass is 79.9. The van der Waals surface area contributed by atoms with Gasteiger partial charge in [-0.2, -0.15) is 0 Å². The van der Waals surface area contributed by atoms with E-state index >= 15 is 0 Å². The van der Waals surface area contributed by atoms with Crippen molar-refractivity contribution in [3.63, 3.8) is 0 Å². The molecule has 2 aromatic rings.